The van der Waals surface area contributed by atoms with Crippen molar-refractivity contribution in [2.45, 2.75) is 13.0 Å². The molecule has 6 nitrogen and oxygen atoms in total. The third kappa shape index (κ3) is 3.28. The summed E-state index contributed by atoms with van der Waals surface area (Å²) in [5, 5.41) is 5.29. The van der Waals surface area contributed by atoms with E-state index in [9.17, 15) is 9.59 Å². The predicted molar refractivity (Wildman–Crippen MR) is 73.9 cm³/mol. The standard InChI is InChI=1S/C14H16N2O4/c1-3-6-15-14(18)13-8-19-11-5-4-10(16-9(2)17)7-12(11)20-13/h3-5,7,13H,1,6,8H2,2H3,(H,15,18)(H,16,17). The van der Waals surface area contributed by atoms with Crippen molar-refractivity contribution in [3.63, 3.8) is 0 Å². The van der Waals surface area contributed by atoms with Crippen LogP contribution < -0.4 is 20.1 Å². The first kappa shape index (κ1) is 13.9. The zero-order chi connectivity index (χ0) is 14.5. The van der Waals surface area contributed by atoms with Crippen LogP contribution in [-0.2, 0) is 9.59 Å². The first-order chi connectivity index (χ1) is 9.60. The van der Waals surface area contributed by atoms with E-state index in [1.807, 2.05) is 0 Å². The number of nitrogens with one attached hydrogen (secondary N) is 2. The van der Waals surface area contributed by atoms with E-state index in [2.05, 4.69) is 17.2 Å². The Bertz CT molecular complexity index is 542. The Balaban J connectivity index is 2.09. The van der Waals surface area contributed by atoms with Gasteiger partial charge in [0.2, 0.25) is 12.0 Å². The van der Waals surface area contributed by atoms with Gasteiger partial charge in [0.15, 0.2) is 11.5 Å². The smallest absolute Gasteiger partial charge is 0.264 e. The number of carbonyl (C=O) groups excluding carboxylic acids is 2. The lowest BCUT2D eigenvalue weighted by Crippen LogP contribution is -2.44. The van der Waals surface area contributed by atoms with Gasteiger partial charge in [-0.3, -0.25) is 9.59 Å². The predicted octanol–water partition coefficient (Wildman–Crippen LogP) is 1.09. The van der Waals surface area contributed by atoms with Crippen LogP contribution in [0.3, 0.4) is 0 Å². The van der Waals surface area contributed by atoms with E-state index in [0.29, 0.717) is 23.7 Å². The summed E-state index contributed by atoms with van der Waals surface area (Å²) in [6, 6.07) is 5.03. The van der Waals surface area contributed by atoms with Gasteiger partial charge in [-0.2, -0.15) is 0 Å². The van der Waals surface area contributed by atoms with Crippen molar-refractivity contribution in [2.75, 3.05) is 18.5 Å². The maximum atomic E-state index is 11.8. The van der Waals surface area contributed by atoms with Crippen molar-refractivity contribution in [1.29, 1.82) is 0 Å². The highest BCUT2D eigenvalue weighted by Gasteiger charge is 2.27. The molecule has 0 spiro atoms. The molecule has 0 saturated heterocycles. The summed E-state index contributed by atoms with van der Waals surface area (Å²) in [5.74, 6) is 0.538. The Hall–Kier alpha value is -2.50. The van der Waals surface area contributed by atoms with Gasteiger partial charge in [-0.25, -0.2) is 0 Å². The van der Waals surface area contributed by atoms with E-state index in [4.69, 9.17) is 9.47 Å². The molecule has 2 amide bonds. The topological polar surface area (TPSA) is 76.7 Å². The van der Waals surface area contributed by atoms with Gasteiger partial charge in [0.05, 0.1) is 0 Å². The quantitative estimate of drug-likeness (QED) is 0.807. The van der Waals surface area contributed by atoms with E-state index in [-0.39, 0.29) is 18.4 Å². The lowest BCUT2D eigenvalue weighted by molar-refractivity contribution is -0.130. The molecule has 0 fully saturated rings. The van der Waals surface area contributed by atoms with E-state index >= 15 is 0 Å². The van der Waals surface area contributed by atoms with Crippen LogP contribution in [0.4, 0.5) is 5.69 Å². The largest absolute Gasteiger partial charge is 0.485 e. The number of amides is 2. The number of anilines is 1. The van der Waals surface area contributed by atoms with Crippen molar-refractivity contribution >= 4 is 17.5 Å². The Morgan fingerprint density at radius 1 is 1.45 bits per heavy atom. The minimum atomic E-state index is -0.713. The van der Waals surface area contributed by atoms with E-state index < -0.39 is 6.10 Å². The zero-order valence-corrected chi connectivity index (χ0v) is 11.1. The second-order valence-corrected chi connectivity index (χ2v) is 4.29. The third-order valence-electron chi connectivity index (χ3n) is 2.64. The minimum Gasteiger partial charge on any atom is -0.485 e. The summed E-state index contributed by atoms with van der Waals surface area (Å²) in [6.07, 6.45) is 0.875. The number of fused-ring (bicyclic) bond motifs is 1. The van der Waals surface area contributed by atoms with Crippen molar-refractivity contribution < 1.29 is 19.1 Å². The Morgan fingerprint density at radius 2 is 2.25 bits per heavy atom. The van der Waals surface area contributed by atoms with Crippen LogP contribution in [0.25, 0.3) is 0 Å². The Kier molecular flexibility index (Phi) is 4.24. The number of hydrogen-bond acceptors (Lipinski definition) is 4. The average molecular weight is 276 g/mol. The minimum absolute atomic E-state index is 0.148. The SMILES string of the molecule is C=CCNC(=O)C1COc2ccc(NC(C)=O)cc2O1. The van der Waals surface area contributed by atoms with Crippen molar-refractivity contribution in [3.05, 3.63) is 30.9 Å². The van der Waals surface area contributed by atoms with Crippen LogP contribution in [0.1, 0.15) is 6.92 Å². The van der Waals surface area contributed by atoms with Crippen LogP contribution >= 0.6 is 0 Å². The van der Waals surface area contributed by atoms with Gasteiger partial charge >= 0.3 is 0 Å². The number of carbonyl (C=O) groups is 2. The molecule has 1 unspecified atom stereocenters. The molecular weight excluding hydrogens is 260 g/mol. The zero-order valence-electron chi connectivity index (χ0n) is 11.1. The highest BCUT2D eigenvalue weighted by atomic mass is 16.6. The second kappa shape index (κ2) is 6.10. The number of hydrogen-bond donors (Lipinski definition) is 2. The molecule has 1 aliphatic rings. The molecule has 1 aromatic rings. The molecule has 0 radical (unpaired) electrons. The molecule has 1 heterocycles. The molecule has 1 atom stereocenters. The summed E-state index contributed by atoms with van der Waals surface area (Å²) >= 11 is 0. The van der Waals surface area contributed by atoms with Gasteiger partial charge in [0.1, 0.15) is 6.61 Å². The maximum Gasteiger partial charge on any atom is 0.264 e. The number of ether oxygens (including phenoxy) is 2. The van der Waals surface area contributed by atoms with E-state index in [1.165, 1.54) is 6.92 Å². The molecule has 2 rings (SSSR count). The maximum absolute atomic E-state index is 11.8. The summed E-state index contributed by atoms with van der Waals surface area (Å²) in [7, 11) is 0. The molecule has 0 bridgehead atoms. The van der Waals surface area contributed by atoms with E-state index in [1.54, 1.807) is 24.3 Å². The fourth-order valence-corrected chi connectivity index (χ4v) is 1.77. The van der Waals surface area contributed by atoms with Crippen LogP contribution in [0.2, 0.25) is 0 Å². The molecule has 1 aliphatic heterocycles. The van der Waals surface area contributed by atoms with Crippen molar-refractivity contribution in [2.24, 2.45) is 0 Å². The van der Waals surface area contributed by atoms with Gasteiger partial charge in [0.25, 0.3) is 5.91 Å². The van der Waals surface area contributed by atoms with Crippen LogP contribution in [0, 0.1) is 0 Å². The first-order valence-electron chi connectivity index (χ1n) is 6.20. The van der Waals surface area contributed by atoms with Crippen LogP contribution in [-0.4, -0.2) is 31.1 Å². The molecular formula is C14H16N2O4. The molecule has 106 valence electrons. The first-order valence-corrected chi connectivity index (χ1v) is 6.20. The van der Waals surface area contributed by atoms with Gasteiger partial charge in [-0.05, 0) is 12.1 Å². The monoisotopic (exact) mass is 276 g/mol. The molecule has 0 aliphatic carbocycles. The summed E-state index contributed by atoms with van der Waals surface area (Å²) in [5.41, 5.74) is 0.590. The Labute approximate surface area is 116 Å². The summed E-state index contributed by atoms with van der Waals surface area (Å²) in [6.45, 7) is 5.47. The molecule has 0 aromatic heterocycles. The highest BCUT2D eigenvalue weighted by Crippen LogP contribution is 2.34. The van der Waals surface area contributed by atoms with Gasteiger partial charge < -0.3 is 20.1 Å². The number of rotatable bonds is 4. The summed E-state index contributed by atoms with van der Waals surface area (Å²) < 4.78 is 11.1. The fourth-order valence-electron chi connectivity index (χ4n) is 1.77. The van der Waals surface area contributed by atoms with Crippen molar-refractivity contribution in [1.82, 2.24) is 5.32 Å². The molecule has 0 saturated carbocycles. The lowest BCUT2D eigenvalue weighted by atomic mass is 10.2. The summed E-state index contributed by atoms with van der Waals surface area (Å²) in [4.78, 5) is 22.8. The number of benzene rings is 1. The third-order valence-corrected chi connectivity index (χ3v) is 2.64. The molecule has 20 heavy (non-hydrogen) atoms. The molecule has 2 N–H and O–H groups in total. The average Bonchev–Trinajstić information content (AvgIpc) is 2.43. The second-order valence-electron chi connectivity index (χ2n) is 4.29. The molecule has 1 aromatic carbocycles. The highest BCUT2D eigenvalue weighted by molar-refractivity contribution is 5.89. The van der Waals surface area contributed by atoms with Gasteiger partial charge in [0, 0.05) is 25.2 Å². The van der Waals surface area contributed by atoms with Crippen LogP contribution in [0.15, 0.2) is 30.9 Å². The van der Waals surface area contributed by atoms with E-state index in [0.717, 1.165) is 0 Å². The lowest BCUT2D eigenvalue weighted by Gasteiger charge is -2.26. The Morgan fingerprint density at radius 3 is 2.95 bits per heavy atom. The molecule has 6 heteroatoms. The van der Waals surface area contributed by atoms with Gasteiger partial charge in [-0.1, -0.05) is 6.08 Å². The van der Waals surface area contributed by atoms with Gasteiger partial charge in [-0.15, -0.1) is 6.58 Å². The van der Waals surface area contributed by atoms with Crippen LogP contribution in [0.5, 0.6) is 11.5 Å². The normalized spacial score (nSPS) is 16.1. The van der Waals surface area contributed by atoms with Crippen molar-refractivity contribution in [3.8, 4) is 11.5 Å². The fraction of sp³-hybridized carbons (Fsp3) is 0.286.